The van der Waals surface area contributed by atoms with Gasteiger partial charge in [-0.1, -0.05) is 11.6 Å². The minimum Gasteiger partial charge on any atom is -0.309 e. The normalized spacial score (nSPS) is 13.6. The van der Waals surface area contributed by atoms with Crippen LogP contribution in [0, 0.1) is 0 Å². The lowest BCUT2D eigenvalue weighted by molar-refractivity contribution is -0.110. The molecule has 0 unspecified atom stereocenters. The van der Waals surface area contributed by atoms with E-state index in [4.69, 9.17) is 4.55 Å². The maximum absolute atomic E-state index is 11.3. The van der Waals surface area contributed by atoms with Crippen molar-refractivity contribution < 1.29 is 17.8 Å². The second-order valence-corrected chi connectivity index (χ2v) is 5.59. The van der Waals surface area contributed by atoms with Gasteiger partial charge in [-0.3, -0.25) is 9.35 Å². The number of rotatable bonds is 7. The number of carbonyl (C=O) groups excluding carboxylic acids is 1. The van der Waals surface area contributed by atoms with E-state index < -0.39 is 15.9 Å². The van der Waals surface area contributed by atoms with E-state index in [1.807, 2.05) is 25.9 Å². The van der Waals surface area contributed by atoms with Crippen molar-refractivity contribution in [2.75, 3.05) is 26.4 Å². The third-order valence-electron chi connectivity index (χ3n) is 1.93. The Hall–Kier alpha value is -0.980. The van der Waals surface area contributed by atoms with E-state index in [2.05, 4.69) is 0 Å². The summed E-state index contributed by atoms with van der Waals surface area (Å²) in [5.74, 6) is -0.812. The van der Waals surface area contributed by atoms with Gasteiger partial charge in [-0.2, -0.15) is 8.42 Å². The van der Waals surface area contributed by atoms with E-state index in [-0.39, 0.29) is 5.78 Å². The van der Waals surface area contributed by atoms with Crippen LogP contribution in [-0.4, -0.2) is 50.0 Å². The van der Waals surface area contributed by atoms with Gasteiger partial charge in [0.2, 0.25) is 0 Å². The van der Waals surface area contributed by atoms with Crippen LogP contribution < -0.4 is 0 Å². The summed E-state index contributed by atoms with van der Waals surface area (Å²) in [6.45, 7) is 2.70. The van der Waals surface area contributed by atoms with Crippen LogP contribution in [-0.2, 0) is 14.9 Å². The zero-order valence-electron chi connectivity index (χ0n) is 10.4. The molecular formula is C11H19NO4S. The second kappa shape index (κ2) is 7.37. The van der Waals surface area contributed by atoms with Gasteiger partial charge in [0.05, 0.1) is 5.75 Å². The number of hydrogen-bond acceptors (Lipinski definition) is 4. The molecule has 0 aromatic carbocycles. The molecular weight excluding hydrogens is 242 g/mol. The summed E-state index contributed by atoms with van der Waals surface area (Å²) < 4.78 is 29.2. The van der Waals surface area contributed by atoms with Gasteiger partial charge in [-0.15, -0.1) is 0 Å². The van der Waals surface area contributed by atoms with Crippen molar-refractivity contribution in [1.82, 2.24) is 4.90 Å². The Morgan fingerprint density at radius 1 is 1.35 bits per heavy atom. The van der Waals surface area contributed by atoms with E-state index in [1.54, 1.807) is 0 Å². The highest BCUT2D eigenvalue weighted by atomic mass is 32.2. The number of ketones is 1. The van der Waals surface area contributed by atoms with E-state index in [1.165, 1.54) is 6.08 Å². The number of carbonyl (C=O) groups is 1. The smallest absolute Gasteiger partial charge is 0.268 e. The Balaban J connectivity index is 4.20. The molecule has 6 heteroatoms. The fourth-order valence-corrected chi connectivity index (χ4v) is 1.39. The lowest BCUT2D eigenvalue weighted by Gasteiger charge is -2.08. The quantitative estimate of drug-likeness (QED) is 0.544. The molecule has 0 fully saturated rings. The first-order chi connectivity index (χ1) is 7.70. The molecule has 0 heterocycles. The first-order valence-electron chi connectivity index (χ1n) is 5.18. The molecule has 0 aromatic rings. The van der Waals surface area contributed by atoms with Gasteiger partial charge in [0.1, 0.15) is 0 Å². The molecule has 0 saturated heterocycles. The Morgan fingerprint density at radius 2 is 1.94 bits per heavy atom. The predicted octanol–water partition coefficient (Wildman–Crippen LogP) is 0.897. The molecule has 0 spiro atoms. The van der Waals surface area contributed by atoms with Crippen LogP contribution in [0.15, 0.2) is 23.8 Å². The first kappa shape index (κ1) is 16.0. The van der Waals surface area contributed by atoms with Crippen molar-refractivity contribution in [2.45, 2.75) is 13.3 Å². The number of allylic oxidation sites excluding steroid dienone is 2. The van der Waals surface area contributed by atoms with Crippen molar-refractivity contribution in [2.24, 2.45) is 0 Å². The molecule has 1 N–H and O–H groups in total. The van der Waals surface area contributed by atoms with Crippen molar-refractivity contribution in [3.8, 4) is 0 Å². The van der Waals surface area contributed by atoms with Crippen molar-refractivity contribution >= 4 is 15.9 Å². The molecule has 0 bridgehead atoms. The maximum Gasteiger partial charge on any atom is 0.268 e. The molecule has 0 aliphatic carbocycles. The molecule has 0 amide bonds. The van der Waals surface area contributed by atoms with E-state index in [9.17, 15) is 13.2 Å². The molecule has 5 nitrogen and oxygen atoms in total. The average Bonchev–Trinajstić information content (AvgIpc) is 2.12. The highest BCUT2D eigenvalue weighted by Crippen LogP contribution is 2.01. The highest BCUT2D eigenvalue weighted by Gasteiger charge is 2.00. The van der Waals surface area contributed by atoms with Crippen LogP contribution in [0.5, 0.6) is 0 Å². The first-order valence-corrected chi connectivity index (χ1v) is 6.79. The van der Waals surface area contributed by atoms with Crippen LogP contribution in [0.4, 0.5) is 0 Å². The van der Waals surface area contributed by atoms with Gasteiger partial charge >= 0.3 is 0 Å². The summed E-state index contributed by atoms with van der Waals surface area (Å²) in [7, 11) is -0.145. The maximum atomic E-state index is 11.3. The summed E-state index contributed by atoms with van der Waals surface area (Å²) >= 11 is 0. The van der Waals surface area contributed by atoms with Crippen LogP contribution in [0.2, 0.25) is 0 Å². The van der Waals surface area contributed by atoms with Gasteiger partial charge in [0.25, 0.3) is 10.1 Å². The highest BCUT2D eigenvalue weighted by molar-refractivity contribution is 7.85. The van der Waals surface area contributed by atoms with E-state index in [0.29, 0.717) is 0 Å². The van der Waals surface area contributed by atoms with Gasteiger partial charge in [-0.25, -0.2) is 0 Å². The SMILES string of the molecule is CC(=CC(=O)C=CCS(=O)(=O)O)CCN(C)C. The molecule has 0 aliphatic rings. The minimum absolute atomic E-state index is 0.273. The summed E-state index contributed by atoms with van der Waals surface area (Å²) in [5.41, 5.74) is 0.931. The molecule has 17 heavy (non-hydrogen) atoms. The summed E-state index contributed by atoms with van der Waals surface area (Å²) in [5, 5.41) is 0. The molecule has 0 saturated carbocycles. The third-order valence-corrected chi connectivity index (χ3v) is 2.54. The lowest BCUT2D eigenvalue weighted by Crippen LogP contribution is -2.13. The molecule has 0 aromatic heterocycles. The summed E-state index contributed by atoms with van der Waals surface area (Å²) in [6.07, 6.45) is 4.52. The van der Waals surface area contributed by atoms with Gasteiger partial charge in [0, 0.05) is 6.54 Å². The molecule has 0 rings (SSSR count). The van der Waals surface area contributed by atoms with Gasteiger partial charge in [0.15, 0.2) is 5.78 Å². The summed E-state index contributed by atoms with van der Waals surface area (Å²) in [4.78, 5) is 13.3. The molecule has 98 valence electrons. The zero-order chi connectivity index (χ0) is 13.5. The minimum atomic E-state index is -4.04. The van der Waals surface area contributed by atoms with Crippen molar-refractivity contribution in [1.29, 1.82) is 0 Å². The van der Waals surface area contributed by atoms with Crippen LogP contribution in [0.25, 0.3) is 0 Å². The van der Waals surface area contributed by atoms with Gasteiger partial charge in [-0.05, 0) is 39.6 Å². The predicted molar refractivity (Wildman–Crippen MR) is 67.5 cm³/mol. The van der Waals surface area contributed by atoms with Crippen molar-refractivity contribution in [3.05, 3.63) is 23.8 Å². The van der Waals surface area contributed by atoms with E-state index in [0.717, 1.165) is 30.7 Å². The standard InChI is InChI=1S/C11H19NO4S/c1-10(6-7-12(2)3)9-11(13)5-4-8-17(14,15)16/h4-5,9H,6-8H2,1-3H3,(H,14,15,16). The fraction of sp³-hybridized carbons (Fsp3) is 0.545. The number of nitrogens with zero attached hydrogens (tertiary/aromatic N) is 1. The number of hydrogen-bond donors (Lipinski definition) is 1. The largest absolute Gasteiger partial charge is 0.309 e. The second-order valence-electron chi connectivity index (χ2n) is 4.10. The Bertz CT molecular complexity index is 407. The molecule has 0 radical (unpaired) electrons. The molecule has 0 aliphatic heterocycles. The van der Waals surface area contributed by atoms with E-state index >= 15 is 0 Å². The fourth-order valence-electron chi connectivity index (χ4n) is 1.05. The van der Waals surface area contributed by atoms with Crippen LogP contribution in [0.1, 0.15) is 13.3 Å². The Kier molecular flexibility index (Phi) is 6.94. The molecule has 0 atom stereocenters. The zero-order valence-corrected chi connectivity index (χ0v) is 11.2. The topological polar surface area (TPSA) is 74.7 Å². The average molecular weight is 261 g/mol. The monoisotopic (exact) mass is 261 g/mol. The Labute approximate surface area is 103 Å². The third kappa shape index (κ3) is 11.3. The Morgan fingerprint density at radius 3 is 2.41 bits per heavy atom. The lowest BCUT2D eigenvalue weighted by atomic mass is 10.1. The van der Waals surface area contributed by atoms with Gasteiger partial charge < -0.3 is 4.90 Å². The van der Waals surface area contributed by atoms with Crippen LogP contribution >= 0.6 is 0 Å². The van der Waals surface area contributed by atoms with Crippen molar-refractivity contribution in [3.63, 3.8) is 0 Å². The van der Waals surface area contributed by atoms with Crippen LogP contribution in [0.3, 0.4) is 0 Å². The summed E-state index contributed by atoms with van der Waals surface area (Å²) in [6, 6.07) is 0.